The van der Waals surface area contributed by atoms with E-state index in [1.807, 2.05) is 13.8 Å². The number of aliphatic carboxylic acids is 2. The zero-order valence-electron chi connectivity index (χ0n) is 17.9. The number of hydrogen-bond acceptors (Lipinski definition) is 5. The number of rotatable bonds is 10. The maximum Gasteiger partial charge on any atom is 0.320 e. The molecule has 1 aliphatic rings. The van der Waals surface area contributed by atoms with Gasteiger partial charge in [-0.3, -0.25) is 24.5 Å². The van der Waals surface area contributed by atoms with Crippen molar-refractivity contribution in [3.05, 3.63) is 59.2 Å². The van der Waals surface area contributed by atoms with Crippen molar-refractivity contribution in [1.29, 1.82) is 0 Å². The number of nitrogens with one attached hydrogen (secondary N) is 2. The van der Waals surface area contributed by atoms with Gasteiger partial charge in [-0.2, -0.15) is 0 Å². The van der Waals surface area contributed by atoms with Crippen LogP contribution in [-0.2, 0) is 9.59 Å². The van der Waals surface area contributed by atoms with Crippen LogP contribution in [0.1, 0.15) is 53.0 Å². The van der Waals surface area contributed by atoms with Crippen LogP contribution in [0.4, 0.5) is 0 Å². The average molecular weight is 438 g/mol. The maximum absolute atomic E-state index is 12.9. The number of ketones is 1. The van der Waals surface area contributed by atoms with Crippen molar-refractivity contribution in [2.45, 2.75) is 38.8 Å². The molecule has 0 saturated carbocycles. The van der Waals surface area contributed by atoms with E-state index in [0.29, 0.717) is 27.8 Å². The van der Waals surface area contributed by atoms with Crippen LogP contribution in [0.2, 0.25) is 0 Å². The minimum atomic E-state index is -1.19. The van der Waals surface area contributed by atoms with Crippen molar-refractivity contribution in [2.24, 2.45) is 5.92 Å². The van der Waals surface area contributed by atoms with Crippen LogP contribution in [-0.4, -0.2) is 52.5 Å². The summed E-state index contributed by atoms with van der Waals surface area (Å²) in [5.74, 6) is -2.78. The van der Waals surface area contributed by atoms with Gasteiger partial charge in [0.2, 0.25) is 0 Å². The molecule has 2 aromatic carbocycles. The predicted molar refractivity (Wildman–Crippen MR) is 118 cm³/mol. The summed E-state index contributed by atoms with van der Waals surface area (Å²) in [6.45, 7) is 3.74. The summed E-state index contributed by atoms with van der Waals surface area (Å²) >= 11 is 0. The van der Waals surface area contributed by atoms with Crippen molar-refractivity contribution in [3.63, 3.8) is 0 Å². The number of carbonyl (C=O) groups is 4. The molecule has 3 rings (SSSR count). The number of carboxylic acid groups (broad SMARTS) is 2. The molecule has 0 saturated heterocycles. The Morgan fingerprint density at radius 2 is 1.50 bits per heavy atom. The van der Waals surface area contributed by atoms with Crippen molar-refractivity contribution >= 4 is 23.6 Å². The highest BCUT2D eigenvalue weighted by Gasteiger charge is 2.30. The van der Waals surface area contributed by atoms with E-state index >= 15 is 0 Å². The predicted octanol–water partition coefficient (Wildman–Crippen LogP) is 2.56. The molecule has 4 N–H and O–H groups in total. The third-order valence-electron chi connectivity index (χ3n) is 5.42. The number of carbonyl (C=O) groups excluding carboxylic acids is 2. The van der Waals surface area contributed by atoms with Gasteiger partial charge >= 0.3 is 11.9 Å². The quantitative estimate of drug-likeness (QED) is 0.382. The van der Waals surface area contributed by atoms with Crippen LogP contribution in [0.5, 0.6) is 0 Å². The molecule has 0 radical (unpaired) electrons. The third-order valence-corrected chi connectivity index (χ3v) is 5.42. The second kappa shape index (κ2) is 9.74. The number of carboxylic acids is 2. The lowest BCUT2D eigenvalue weighted by Gasteiger charge is -2.22. The normalized spacial score (nSPS) is 13.9. The van der Waals surface area contributed by atoms with E-state index in [1.54, 1.807) is 42.5 Å². The molecule has 1 amide bonds. The molecule has 168 valence electrons. The fraction of sp³-hybridized carbons (Fsp3) is 0.333. The monoisotopic (exact) mass is 438 g/mol. The summed E-state index contributed by atoms with van der Waals surface area (Å²) in [6, 6.07) is 9.91. The summed E-state index contributed by atoms with van der Waals surface area (Å²) in [7, 11) is 0. The smallest absolute Gasteiger partial charge is 0.320 e. The van der Waals surface area contributed by atoms with Crippen LogP contribution in [0.3, 0.4) is 0 Å². The molecular formula is C24H26N2O6. The molecule has 0 bridgehead atoms. The SMILES string of the molecule is CC(C)CC(N[C@@H](CCNC(=O)c1cccc2c1-c1ccccc1C2=O)C(=O)O)C(=O)O. The van der Waals surface area contributed by atoms with E-state index in [-0.39, 0.29) is 31.1 Å². The first-order chi connectivity index (χ1) is 15.2. The Balaban J connectivity index is 1.70. The second-order valence-corrected chi connectivity index (χ2v) is 8.23. The number of amides is 1. The molecule has 32 heavy (non-hydrogen) atoms. The minimum Gasteiger partial charge on any atom is -0.480 e. The Kier molecular flexibility index (Phi) is 7.05. The van der Waals surface area contributed by atoms with Crippen molar-refractivity contribution < 1.29 is 29.4 Å². The Morgan fingerprint density at radius 1 is 0.875 bits per heavy atom. The van der Waals surface area contributed by atoms with Gasteiger partial charge in [-0.25, -0.2) is 0 Å². The van der Waals surface area contributed by atoms with E-state index in [1.165, 1.54) is 0 Å². The Bertz CT molecular complexity index is 1060. The number of hydrogen-bond donors (Lipinski definition) is 4. The van der Waals surface area contributed by atoms with Gasteiger partial charge in [0.25, 0.3) is 5.91 Å². The van der Waals surface area contributed by atoms with Gasteiger partial charge in [0, 0.05) is 28.8 Å². The van der Waals surface area contributed by atoms with Crippen LogP contribution in [0, 0.1) is 5.92 Å². The molecule has 0 spiro atoms. The molecule has 1 unspecified atom stereocenters. The van der Waals surface area contributed by atoms with Crippen LogP contribution < -0.4 is 10.6 Å². The lowest BCUT2D eigenvalue weighted by molar-refractivity contribution is -0.143. The van der Waals surface area contributed by atoms with Gasteiger partial charge < -0.3 is 15.5 Å². The molecule has 0 aromatic heterocycles. The molecule has 8 heteroatoms. The van der Waals surface area contributed by atoms with Crippen LogP contribution >= 0.6 is 0 Å². The first kappa shape index (κ1) is 23.1. The highest BCUT2D eigenvalue weighted by atomic mass is 16.4. The van der Waals surface area contributed by atoms with Gasteiger partial charge in [0.05, 0.1) is 0 Å². The lowest BCUT2D eigenvalue weighted by atomic mass is 9.99. The zero-order chi connectivity index (χ0) is 23.4. The molecule has 2 atom stereocenters. The first-order valence-corrected chi connectivity index (χ1v) is 10.5. The molecule has 0 aliphatic heterocycles. The molecule has 8 nitrogen and oxygen atoms in total. The molecule has 0 heterocycles. The topological polar surface area (TPSA) is 133 Å². The van der Waals surface area contributed by atoms with E-state index < -0.39 is 29.9 Å². The lowest BCUT2D eigenvalue weighted by Crippen LogP contribution is -2.49. The zero-order valence-corrected chi connectivity index (χ0v) is 17.9. The van der Waals surface area contributed by atoms with Gasteiger partial charge in [0.15, 0.2) is 5.78 Å². The highest BCUT2D eigenvalue weighted by Crippen LogP contribution is 2.38. The third kappa shape index (κ3) is 4.86. The standard InChI is InChI=1S/C24H26N2O6/c1-13(2)12-19(24(31)32)26-18(23(29)30)10-11-25-22(28)17-9-5-8-16-20(17)14-6-3-4-7-15(14)21(16)27/h3-9,13,18-19,26H,10-12H2,1-2H3,(H,25,28)(H,29,30)(H,31,32)/t18-,19?/m0/s1. The molecule has 2 aromatic rings. The van der Waals surface area contributed by atoms with Crippen molar-refractivity contribution in [1.82, 2.24) is 10.6 Å². The second-order valence-electron chi connectivity index (χ2n) is 8.23. The largest absolute Gasteiger partial charge is 0.480 e. The first-order valence-electron chi connectivity index (χ1n) is 10.5. The summed E-state index contributed by atoms with van der Waals surface area (Å²) in [5.41, 5.74) is 2.61. The average Bonchev–Trinajstić information content (AvgIpc) is 3.04. The van der Waals surface area contributed by atoms with E-state index in [9.17, 15) is 29.4 Å². The van der Waals surface area contributed by atoms with Gasteiger partial charge in [-0.05, 0) is 30.4 Å². The van der Waals surface area contributed by atoms with Crippen LogP contribution in [0.25, 0.3) is 11.1 Å². The highest BCUT2D eigenvalue weighted by molar-refractivity contribution is 6.24. The number of fused-ring (bicyclic) bond motifs is 3. The van der Waals surface area contributed by atoms with Crippen molar-refractivity contribution in [3.8, 4) is 11.1 Å². The van der Waals surface area contributed by atoms with E-state index in [2.05, 4.69) is 10.6 Å². The Labute approximate surface area is 185 Å². The molecule has 0 fully saturated rings. The summed E-state index contributed by atoms with van der Waals surface area (Å²) in [4.78, 5) is 48.5. The summed E-state index contributed by atoms with van der Waals surface area (Å²) < 4.78 is 0. The van der Waals surface area contributed by atoms with Gasteiger partial charge in [0.1, 0.15) is 12.1 Å². The summed E-state index contributed by atoms with van der Waals surface area (Å²) in [6.07, 6.45) is 0.294. The fourth-order valence-electron chi connectivity index (χ4n) is 3.92. The Morgan fingerprint density at radius 3 is 2.12 bits per heavy atom. The van der Waals surface area contributed by atoms with Crippen LogP contribution in [0.15, 0.2) is 42.5 Å². The van der Waals surface area contributed by atoms with Gasteiger partial charge in [-0.1, -0.05) is 50.2 Å². The van der Waals surface area contributed by atoms with Gasteiger partial charge in [-0.15, -0.1) is 0 Å². The van der Waals surface area contributed by atoms with E-state index in [4.69, 9.17) is 0 Å². The van der Waals surface area contributed by atoms with E-state index in [0.717, 1.165) is 0 Å². The molecule has 1 aliphatic carbocycles. The minimum absolute atomic E-state index is 0.00743. The maximum atomic E-state index is 12.9. The summed E-state index contributed by atoms with van der Waals surface area (Å²) in [5, 5.41) is 24.2. The Hall–Kier alpha value is -3.52. The number of benzene rings is 2. The molecular weight excluding hydrogens is 412 g/mol. The van der Waals surface area contributed by atoms with Crippen molar-refractivity contribution in [2.75, 3.05) is 6.54 Å². The fourth-order valence-corrected chi connectivity index (χ4v) is 3.92.